The molecule has 114 valence electrons. The minimum absolute atomic E-state index is 0.0467. The van der Waals surface area contributed by atoms with E-state index in [-0.39, 0.29) is 23.6 Å². The van der Waals surface area contributed by atoms with Gasteiger partial charge in [0.2, 0.25) is 0 Å². The number of benzene rings is 1. The molecule has 9 heteroatoms. The van der Waals surface area contributed by atoms with Gasteiger partial charge in [0.1, 0.15) is 11.7 Å². The van der Waals surface area contributed by atoms with Crippen molar-refractivity contribution in [2.75, 3.05) is 13.7 Å². The molecule has 1 rings (SSSR count). The summed E-state index contributed by atoms with van der Waals surface area (Å²) in [5, 5.41) is 22.7. The predicted molar refractivity (Wildman–Crippen MR) is 72.4 cm³/mol. The lowest BCUT2D eigenvalue weighted by Gasteiger charge is -2.15. The van der Waals surface area contributed by atoms with Crippen molar-refractivity contribution in [3.63, 3.8) is 0 Å². The topological polar surface area (TPSA) is 137 Å². The van der Waals surface area contributed by atoms with Crippen LogP contribution in [0.5, 0.6) is 5.75 Å². The average Bonchev–Trinajstić information content (AvgIpc) is 2.47. The molecule has 0 amide bonds. The quantitative estimate of drug-likeness (QED) is 0.199. The monoisotopic (exact) mass is 297 g/mol. The highest BCUT2D eigenvalue weighted by Gasteiger charge is 2.33. The van der Waals surface area contributed by atoms with Crippen LogP contribution in [0.25, 0.3) is 0 Å². The normalized spacial score (nSPS) is 12.6. The van der Waals surface area contributed by atoms with E-state index in [9.17, 15) is 14.9 Å². The second kappa shape index (κ2) is 7.08. The number of nitro benzene ring substituents is 1. The molecule has 0 aliphatic rings. The van der Waals surface area contributed by atoms with Crippen molar-refractivity contribution < 1.29 is 24.4 Å². The maximum Gasteiger partial charge on any atom is 0.321 e. The molecule has 1 unspecified atom stereocenters. The molecule has 21 heavy (non-hydrogen) atoms. The SMILES string of the molecule is CCOC(=O)C(/C(N)=N\O)c1ccc(OC)cc1[N+](=O)[O-]. The largest absolute Gasteiger partial charge is 0.497 e. The van der Waals surface area contributed by atoms with Gasteiger partial charge in [-0.2, -0.15) is 0 Å². The van der Waals surface area contributed by atoms with Gasteiger partial charge in [0.15, 0.2) is 5.84 Å². The Morgan fingerprint density at radius 1 is 1.57 bits per heavy atom. The van der Waals surface area contributed by atoms with Gasteiger partial charge in [-0.3, -0.25) is 14.9 Å². The molecule has 0 saturated heterocycles. The molecule has 1 aromatic carbocycles. The van der Waals surface area contributed by atoms with Gasteiger partial charge >= 0.3 is 5.97 Å². The van der Waals surface area contributed by atoms with Crippen LogP contribution in [0.4, 0.5) is 5.69 Å². The van der Waals surface area contributed by atoms with Crippen molar-refractivity contribution in [2.24, 2.45) is 10.9 Å². The van der Waals surface area contributed by atoms with Gasteiger partial charge in [0.05, 0.1) is 30.3 Å². The molecule has 0 radical (unpaired) electrons. The van der Waals surface area contributed by atoms with Gasteiger partial charge in [0, 0.05) is 0 Å². The number of esters is 1. The Morgan fingerprint density at radius 3 is 2.71 bits per heavy atom. The fourth-order valence-corrected chi connectivity index (χ4v) is 1.74. The van der Waals surface area contributed by atoms with Crippen LogP contribution < -0.4 is 10.5 Å². The fraction of sp³-hybridized carbons (Fsp3) is 0.333. The number of hydrogen-bond acceptors (Lipinski definition) is 7. The van der Waals surface area contributed by atoms with Crippen molar-refractivity contribution in [3.8, 4) is 5.75 Å². The molecule has 1 atom stereocenters. The van der Waals surface area contributed by atoms with Crippen LogP contribution in [0.3, 0.4) is 0 Å². The Bertz CT molecular complexity index is 572. The van der Waals surface area contributed by atoms with Gasteiger partial charge in [-0.05, 0) is 19.1 Å². The number of nitrogens with zero attached hydrogens (tertiary/aromatic N) is 2. The van der Waals surface area contributed by atoms with Crippen molar-refractivity contribution >= 4 is 17.5 Å². The van der Waals surface area contributed by atoms with E-state index in [4.69, 9.17) is 20.4 Å². The Labute approximate surface area is 120 Å². The highest BCUT2D eigenvalue weighted by molar-refractivity contribution is 6.06. The second-order valence-electron chi connectivity index (χ2n) is 3.89. The summed E-state index contributed by atoms with van der Waals surface area (Å²) in [5.41, 5.74) is 5.03. The van der Waals surface area contributed by atoms with Crippen LogP contribution in [-0.4, -0.2) is 35.7 Å². The standard InChI is InChI=1S/C12H15N3O6/c1-3-21-12(16)10(11(13)14-17)8-5-4-7(20-2)6-9(8)15(18)19/h4-6,10,17H,3H2,1-2H3,(H2,13,14). The first-order valence-electron chi connectivity index (χ1n) is 5.92. The predicted octanol–water partition coefficient (Wildman–Crippen LogP) is 0.996. The summed E-state index contributed by atoms with van der Waals surface area (Å²) in [4.78, 5) is 22.4. The van der Waals surface area contributed by atoms with E-state index in [1.165, 1.54) is 19.2 Å². The summed E-state index contributed by atoms with van der Waals surface area (Å²) in [6.07, 6.45) is 0. The summed E-state index contributed by atoms with van der Waals surface area (Å²) < 4.78 is 9.71. The summed E-state index contributed by atoms with van der Waals surface area (Å²) in [6, 6.07) is 3.88. The molecule has 0 aromatic heterocycles. The van der Waals surface area contributed by atoms with E-state index in [1.54, 1.807) is 6.92 Å². The summed E-state index contributed by atoms with van der Waals surface area (Å²) >= 11 is 0. The number of carbonyl (C=O) groups is 1. The first-order valence-corrected chi connectivity index (χ1v) is 5.92. The number of hydrogen-bond donors (Lipinski definition) is 2. The van der Waals surface area contributed by atoms with Gasteiger partial charge in [-0.25, -0.2) is 0 Å². The highest BCUT2D eigenvalue weighted by atomic mass is 16.6. The van der Waals surface area contributed by atoms with Gasteiger partial charge in [-0.1, -0.05) is 5.16 Å². The number of nitro groups is 1. The summed E-state index contributed by atoms with van der Waals surface area (Å²) in [7, 11) is 1.35. The molecule has 0 fully saturated rings. The third-order valence-corrected chi connectivity index (χ3v) is 2.68. The molecule has 9 nitrogen and oxygen atoms in total. The minimum atomic E-state index is -1.37. The number of ether oxygens (including phenoxy) is 2. The highest BCUT2D eigenvalue weighted by Crippen LogP contribution is 2.31. The molecule has 3 N–H and O–H groups in total. The van der Waals surface area contributed by atoms with E-state index in [2.05, 4.69) is 5.16 Å². The van der Waals surface area contributed by atoms with Crippen LogP contribution >= 0.6 is 0 Å². The zero-order valence-corrected chi connectivity index (χ0v) is 11.5. The molecule has 0 aliphatic carbocycles. The van der Waals surface area contributed by atoms with E-state index in [1.807, 2.05) is 0 Å². The van der Waals surface area contributed by atoms with Crippen molar-refractivity contribution in [2.45, 2.75) is 12.8 Å². The summed E-state index contributed by atoms with van der Waals surface area (Å²) in [6.45, 7) is 1.63. The lowest BCUT2D eigenvalue weighted by atomic mass is 9.96. The van der Waals surface area contributed by atoms with Crippen molar-refractivity contribution in [3.05, 3.63) is 33.9 Å². The number of rotatable bonds is 6. The lowest BCUT2D eigenvalue weighted by Crippen LogP contribution is -2.30. The molecule has 0 aliphatic heterocycles. The smallest absolute Gasteiger partial charge is 0.321 e. The van der Waals surface area contributed by atoms with Crippen LogP contribution in [0.15, 0.2) is 23.4 Å². The average molecular weight is 297 g/mol. The minimum Gasteiger partial charge on any atom is -0.497 e. The third-order valence-electron chi connectivity index (χ3n) is 2.68. The fourth-order valence-electron chi connectivity index (χ4n) is 1.74. The number of amidine groups is 1. The Morgan fingerprint density at radius 2 is 2.24 bits per heavy atom. The van der Waals surface area contributed by atoms with Crippen LogP contribution in [0.1, 0.15) is 18.4 Å². The Hall–Kier alpha value is -2.84. The van der Waals surface area contributed by atoms with Gasteiger partial charge < -0.3 is 20.4 Å². The molecular formula is C12H15N3O6. The number of methoxy groups -OCH3 is 1. The van der Waals surface area contributed by atoms with Crippen LogP contribution in [-0.2, 0) is 9.53 Å². The Kier molecular flexibility index (Phi) is 5.47. The molecule has 1 aromatic rings. The first kappa shape index (κ1) is 16.2. The van der Waals surface area contributed by atoms with E-state index >= 15 is 0 Å². The summed E-state index contributed by atoms with van der Waals surface area (Å²) in [5.74, 6) is -2.48. The number of nitrogens with two attached hydrogens (primary N) is 1. The Balaban J connectivity index is 3.43. The zero-order chi connectivity index (χ0) is 16.0. The number of carbonyl (C=O) groups excluding carboxylic acids is 1. The van der Waals surface area contributed by atoms with Crippen molar-refractivity contribution in [1.82, 2.24) is 0 Å². The molecule has 0 heterocycles. The molecular weight excluding hydrogens is 282 g/mol. The van der Waals surface area contributed by atoms with E-state index in [0.717, 1.165) is 6.07 Å². The second-order valence-corrected chi connectivity index (χ2v) is 3.89. The van der Waals surface area contributed by atoms with E-state index < -0.39 is 22.6 Å². The first-order chi connectivity index (χ1) is 9.96. The molecule has 0 bridgehead atoms. The zero-order valence-electron chi connectivity index (χ0n) is 11.5. The van der Waals surface area contributed by atoms with E-state index in [0.29, 0.717) is 0 Å². The maximum atomic E-state index is 11.9. The molecule has 0 saturated carbocycles. The van der Waals surface area contributed by atoms with Crippen LogP contribution in [0, 0.1) is 10.1 Å². The third kappa shape index (κ3) is 3.59. The number of oxime groups is 1. The molecule has 0 spiro atoms. The van der Waals surface area contributed by atoms with Gasteiger partial charge in [-0.15, -0.1) is 0 Å². The van der Waals surface area contributed by atoms with Crippen molar-refractivity contribution in [1.29, 1.82) is 0 Å². The van der Waals surface area contributed by atoms with Gasteiger partial charge in [0.25, 0.3) is 5.69 Å². The lowest BCUT2D eigenvalue weighted by molar-refractivity contribution is -0.385. The maximum absolute atomic E-state index is 11.9. The van der Waals surface area contributed by atoms with Crippen LogP contribution in [0.2, 0.25) is 0 Å².